The Labute approximate surface area is 169 Å². The van der Waals surface area contributed by atoms with Gasteiger partial charge in [0.2, 0.25) is 0 Å². The number of aromatic nitrogens is 2. The second kappa shape index (κ2) is 7.51. The molecule has 0 radical (unpaired) electrons. The van der Waals surface area contributed by atoms with E-state index in [1.807, 2.05) is 12.1 Å². The molecule has 5 nitrogen and oxygen atoms in total. The van der Waals surface area contributed by atoms with Crippen molar-refractivity contribution in [3.63, 3.8) is 0 Å². The molecule has 0 fully saturated rings. The average Bonchev–Trinajstić information content (AvgIpc) is 2.94. The molecule has 0 spiro atoms. The molecule has 0 saturated carbocycles. The quantitative estimate of drug-likeness (QED) is 0.599. The molecule has 0 aliphatic rings. The summed E-state index contributed by atoms with van der Waals surface area (Å²) in [7, 11) is 0. The smallest absolute Gasteiger partial charge is 0.348 e. The molecule has 0 atom stereocenters. The Morgan fingerprint density at radius 2 is 1.86 bits per heavy atom. The average molecular weight is 399 g/mol. The fraction of sp³-hybridized carbons (Fsp3) is 0.409. The topological polar surface area (TPSA) is 61.2 Å². The largest absolute Gasteiger partial charge is 0.459 e. The van der Waals surface area contributed by atoms with Gasteiger partial charge in [-0.25, -0.2) is 9.78 Å². The third kappa shape index (κ3) is 4.02. The molecule has 2 heterocycles. The fourth-order valence-corrected chi connectivity index (χ4v) is 4.06. The number of ether oxygens (including phenoxy) is 1. The summed E-state index contributed by atoms with van der Waals surface area (Å²) in [5, 5.41) is 0.495. The normalized spacial score (nSPS) is 12.0. The number of carbonyl (C=O) groups excluding carboxylic acids is 1. The van der Waals surface area contributed by atoms with E-state index in [2.05, 4.69) is 37.9 Å². The van der Waals surface area contributed by atoms with Crippen LogP contribution >= 0.6 is 11.3 Å². The minimum atomic E-state index is -0.404. The molecule has 0 N–H and O–H groups in total. The Kier molecular flexibility index (Phi) is 5.44. The second-order valence-corrected chi connectivity index (χ2v) is 9.31. The minimum absolute atomic E-state index is 0.0879. The van der Waals surface area contributed by atoms with Crippen LogP contribution in [0.3, 0.4) is 0 Å². The third-order valence-electron chi connectivity index (χ3n) is 4.62. The lowest BCUT2D eigenvalue weighted by atomic mass is 9.87. The van der Waals surface area contributed by atoms with Crippen LogP contribution in [-0.4, -0.2) is 21.6 Å². The highest BCUT2D eigenvalue weighted by Crippen LogP contribution is 2.28. The van der Waals surface area contributed by atoms with Crippen molar-refractivity contribution in [1.29, 1.82) is 0 Å². The summed E-state index contributed by atoms with van der Waals surface area (Å²) in [6, 6.07) is 8.29. The monoisotopic (exact) mass is 398 g/mol. The first kappa shape index (κ1) is 20.3. The lowest BCUT2D eigenvalue weighted by molar-refractivity contribution is 0.0383. The van der Waals surface area contributed by atoms with Crippen LogP contribution in [0.5, 0.6) is 0 Å². The van der Waals surface area contributed by atoms with Gasteiger partial charge in [-0.3, -0.25) is 9.36 Å². The molecular weight excluding hydrogens is 372 g/mol. The summed E-state index contributed by atoms with van der Waals surface area (Å²) in [5.74, 6) is -0.404. The molecule has 6 heteroatoms. The zero-order valence-corrected chi connectivity index (χ0v) is 18.0. The molecule has 28 heavy (non-hydrogen) atoms. The van der Waals surface area contributed by atoms with Gasteiger partial charge < -0.3 is 4.74 Å². The van der Waals surface area contributed by atoms with Gasteiger partial charge >= 0.3 is 5.97 Å². The van der Waals surface area contributed by atoms with Gasteiger partial charge in [0.05, 0.1) is 24.4 Å². The van der Waals surface area contributed by atoms with Crippen LogP contribution in [-0.2, 0) is 16.7 Å². The molecule has 0 bridgehead atoms. The van der Waals surface area contributed by atoms with Crippen molar-refractivity contribution in [3.8, 4) is 0 Å². The first-order valence-corrected chi connectivity index (χ1v) is 10.2. The molecule has 0 saturated heterocycles. The van der Waals surface area contributed by atoms with Crippen LogP contribution in [0.15, 0.2) is 35.4 Å². The summed E-state index contributed by atoms with van der Waals surface area (Å²) < 4.78 is 6.87. The van der Waals surface area contributed by atoms with Crippen molar-refractivity contribution in [2.45, 2.75) is 59.6 Å². The number of nitrogens with zero attached hydrogens (tertiary/aromatic N) is 2. The van der Waals surface area contributed by atoms with Gasteiger partial charge in [-0.15, -0.1) is 11.3 Å². The highest BCUT2D eigenvalue weighted by Gasteiger charge is 2.21. The molecule has 1 aromatic carbocycles. The van der Waals surface area contributed by atoms with Crippen LogP contribution in [0.2, 0.25) is 0 Å². The number of aryl methyl sites for hydroxylation is 1. The molecule has 0 aliphatic carbocycles. The molecule has 0 amide bonds. The van der Waals surface area contributed by atoms with Crippen LogP contribution in [0.1, 0.15) is 61.0 Å². The number of thiophene rings is 1. The molecule has 0 unspecified atom stereocenters. The van der Waals surface area contributed by atoms with E-state index >= 15 is 0 Å². The first-order chi connectivity index (χ1) is 13.1. The Morgan fingerprint density at radius 1 is 1.21 bits per heavy atom. The van der Waals surface area contributed by atoms with Crippen molar-refractivity contribution >= 4 is 27.5 Å². The van der Waals surface area contributed by atoms with Crippen molar-refractivity contribution in [2.24, 2.45) is 0 Å². The van der Waals surface area contributed by atoms with Gasteiger partial charge in [0.15, 0.2) is 0 Å². The first-order valence-electron chi connectivity index (χ1n) is 9.37. The van der Waals surface area contributed by atoms with Crippen molar-refractivity contribution in [3.05, 3.63) is 62.5 Å². The van der Waals surface area contributed by atoms with Crippen molar-refractivity contribution < 1.29 is 9.53 Å². The van der Waals surface area contributed by atoms with Crippen LogP contribution in [0.4, 0.5) is 0 Å². The van der Waals surface area contributed by atoms with Crippen LogP contribution in [0.25, 0.3) is 10.2 Å². The van der Waals surface area contributed by atoms with Gasteiger partial charge in [0, 0.05) is 0 Å². The van der Waals surface area contributed by atoms with Crippen LogP contribution < -0.4 is 5.56 Å². The van der Waals surface area contributed by atoms with E-state index in [1.54, 1.807) is 31.7 Å². The van der Waals surface area contributed by atoms with E-state index in [-0.39, 0.29) is 17.1 Å². The Balaban J connectivity index is 1.95. The van der Waals surface area contributed by atoms with Crippen molar-refractivity contribution in [2.75, 3.05) is 0 Å². The Bertz CT molecular complexity index is 1070. The third-order valence-corrected chi connectivity index (χ3v) is 5.80. The fourth-order valence-electron chi connectivity index (χ4n) is 3.04. The molecular formula is C22H26N2O3S. The van der Waals surface area contributed by atoms with Gasteiger partial charge in [0.25, 0.3) is 5.56 Å². The Hall–Kier alpha value is -2.47. The summed E-state index contributed by atoms with van der Waals surface area (Å²) >= 11 is 1.21. The number of fused-ring (bicyclic) bond motifs is 1. The standard InChI is InChI=1S/C22H26N2O3S/c1-13(2)27-21(26)18-14(3)17-19(28-18)23-12-24(20(17)25)11-15-7-9-16(10-8-15)22(4,5)6/h7-10,12-13H,11H2,1-6H3. The predicted octanol–water partition coefficient (Wildman–Crippen LogP) is 4.68. The van der Waals surface area contributed by atoms with E-state index in [4.69, 9.17) is 4.74 Å². The summed E-state index contributed by atoms with van der Waals surface area (Å²) in [6.07, 6.45) is 1.34. The molecule has 0 aliphatic heterocycles. The zero-order valence-electron chi connectivity index (χ0n) is 17.2. The minimum Gasteiger partial charge on any atom is -0.459 e. The van der Waals surface area contributed by atoms with Gasteiger partial charge in [-0.1, -0.05) is 45.0 Å². The molecule has 2 aromatic heterocycles. The van der Waals surface area contributed by atoms with E-state index in [0.29, 0.717) is 27.2 Å². The van der Waals surface area contributed by atoms with Gasteiger partial charge in [-0.2, -0.15) is 0 Å². The number of hydrogen-bond acceptors (Lipinski definition) is 5. The molecule has 148 valence electrons. The predicted molar refractivity (Wildman–Crippen MR) is 113 cm³/mol. The zero-order chi connectivity index (χ0) is 20.6. The highest BCUT2D eigenvalue weighted by molar-refractivity contribution is 7.20. The number of hydrogen-bond donors (Lipinski definition) is 0. The SMILES string of the molecule is Cc1c(C(=O)OC(C)C)sc2ncn(Cc3ccc(C(C)(C)C)cc3)c(=O)c12. The van der Waals surface area contributed by atoms with E-state index in [9.17, 15) is 9.59 Å². The van der Waals surface area contributed by atoms with E-state index in [0.717, 1.165) is 5.56 Å². The molecule has 3 aromatic rings. The second-order valence-electron chi connectivity index (χ2n) is 8.31. The van der Waals surface area contributed by atoms with Gasteiger partial charge in [-0.05, 0) is 42.9 Å². The molecule has 3 rings (SSSR count). The van der Waals surface area contributed by atoms with Crippen LogP contribution in [0, 0.1) is 6.92 Å². The number of carbonyl (C=O) groups is 1. The summed E-state index contributed by atoms with van der Waals surface area (Å²) in [4.78, 5) is 30.7. The maximum atomic E-state index is 13.0. The maximum Gasteiger partial charge on any atom is 0.348 e. The number of rotatable bonds is 4. The lowest BCUT2D eigenvalue weighted by Gasteiger charge is -2.19. The Morgan fingerprint density at radius 3 is 2.43 bits per heavy atom. The summed E-state index contributed by atoms with van der Waals surface area (Å²) in [5.41, 5.74) is 2.87. The lowest BCUT2D eigenvalue weighted by Crippen LogP contribution is -2.21. The van der Waals surface area contributed by atoms with Crippen molar-refractivity contribution in [1.82, 2.24) is 9.55 Å². The number of esters is 1. The summed E-state index contributed by atoms with van der Waals surface area (Å²) in [6.45, 7) is 12.3. The van der Waals surface area contributed by atoms with E-state index < -0.39 is 5.97 Å². The van der Waals surface area contributed by atoms with Gasteiger partial charge in [0.1, 0.15) is 9.71 Å². The maximum absolute atomic E-state index is 13.0. The highest BCUT2D eigenvalue weighted by atomic mass is 32.1. The number of benzene rings is 1. The van der Waals surface area contributed by atoms with E-state index in [1.165, 1.54) is 16.9 Å².